The Morgan fingerprint density at radius 1 is 1.19 bits per heavy atom. The lowest BCUT2D eigenvalue weighted by Crippen LogP contribution is -2.14. The van der Waals surface area contributed by atoms with Crippen molar-refractivity contribution in [2.24, 2.45) is 7.05 Å². The summed E-state index contributed by atoms with van der Waals surface area (Å²) in [6.07, 6.45) is -3.05. The van der Waals surface area contributed by atoms with Crippen molar-refractivity contribution in [2.75, 3.05) is 5.32 Å². The van der Waals surface area contributed by atoms with Gasteiger partial charge in [-0.25, -0.2) is 4.39 Å². The molecule has 0 spiro atoms. The van der Waals surface area contributed by atoms with Gasteiger partial charge in [-0.3, -0.25) is 14.2 Å². The number of halogens is 4. The van der Waals surface area contributed by atoms with Crippen LogP contribution in [0.25, 0.3) is 0 Å². The van der Waals surface area contributed by atoms with E-state index >= 15 is 0 Å². The number of amides is 1. The summed E-state index contributed by atoms with van der Waals surface area (Å²) in [5.74, 6) is -1.04. The van der Waals surface area contributed by atoms with E-state index in [2.05, 4.69) is 15.5 Å². The Hall–Kier alpha value is -3.17. The molecule has 10 heteroatoms. The molecule has 0 bridgehead atoms. The molecule has 136 valence electrons. The zero-order valence-corrected chi connectivity index (χ0v) is 13.5. The number of benzene rings is 1. The van der Waals surface area contributed by atoms with Crippen molar-refractivity contribution in [2.45, 2.75) is 12.7 Å². The molecule has 3 rings (SSSR count). The van der Waals surface area contributed by atoms with Crippen molar-refractivity contribution in [1.82, 2.24) is 19.6 Å². The Bertz CT molecular complexity index is 944. The van der Waals surface area contributed by atoms with Gasteiger partial charge in [0.05, 0.1) is 6.54 Å². The summed E-state index contributed by atoms with van der Waals surface area (Å²) in [6, 6.07) is 8.10. The van der Waals surface area contributed by atoms with Gasteiger partial charge in [-0.1, -0.05) is 12.1 Å². The number of alkyl halides is 3. The molecule has 1 aromatic carbocycles. The van der Waals surface area contributed by atoms with Gasteiger partial charge in [-0.05, 0) is 17.7 Å². The van der Waals surface area contributed by atoms with Gasteiger partial charge in [-0.15, -0.1) is 0 Å². The zero-order valence-electron chi connectivity index (χ0n) is 13.5. The molecule has 6 nitrogen and oxygen atoms in total. The summed E-state index contributed by atoms with van der Waals surface area (Å²) < 4.78 is 53.5. The normalized spacial score (nSPS) is 11.6. The number of hydrogen-bond donors (Lipinski definition) is 1. The number of nitrogens with zero attached hydrogens (tertiary/aromatic N) is 4. The molecule has 0 aliphatic rings. The van der Waals surface area contributed by atoms with Gasteiger partial charge in [0, 0.05) is 25.4 Å². The quantitative estimate of drug-likeness (QED) is 0.721. The molecule has 0 radical (unpaired) electrons. The smallest absolute Gasteiger partial charge is 0.304 e. The summed E-state index contributed by atoms with van der Waals surface area (Å²) >= 11 is 0. The molecule has 2 aromatic heterocycles. The van der Waals surface area contributed by atoms with Gasteiger partial charge in [-0.2, -0.15) is 23.4 Å². The van der Waals surface area contributed by atoms with Crippen molar-refractivity contribution < 1.29 is 22.4 Å². The van der Waals surface area contributed by atoms with E-state index in [4.69, 9.17) is 0 Å². The van der Waals surface area contributed by atoms with Gasteiger partial charge in [0.25, 0.3) is 5.91 Å². The van der Waals surface area contributed by atoms with Crippen molar-refractivity contribution >= 4 is 11.7 Å². The maximum Gasteiger partial charge on any atom is 0.433 e. The van der Waals surface area contributed by atoms with Crippen molar-refractivity contribution in [3.8, 4) is 0 Å². The van der Waals surface area contributed by atoms with Gasteiger partial charge in [0.1, 0.15) is 11.5 Å². The van der Waals surface area contributed by atoms with Crippen LogP contribution in [0.15, 0.2) is 42.6 Å². The molecule has 0 atom stereocenters. The van der Waals surface area contributed by atoms with Crippen LogP contribution in [0.2, 0.25) is 0 Å². The highest BCUT2D eigenvalue weighted by atomic mass is 19.4. The number of rotatable bonds is 4. The molecule has 0 unspecified atom stereocenters. The molecule has 1 amide bonds. The Morgan fingerprint density at radius 2 is 1.96 bits per heavy atom. The van der Waals surface area contributed by atoms with Gasteiger partial charge >= 0.3 is 6.18 Å². The van der Waals surface area contributed by atoms with Crippen LogP contribution in [-0.2, 0) is 19.8 Å². The first kappa shape index (κ1) is 17.6. The monoisotopic (exact) mass is 367 g/mol. The molecule has 0 fully saturated rings. The van der Waals surface area contributed by atoms with E-state index in [1.807, 2.05) is 0 Å². The second-order valence-corrected chi connectivity index (χ2v) is 5.52. The van der Waals surface area contributed by atoms with Crippen LogP contribution in [-0.4, -0.2) is 25.5 Å². The summed E-state index contributed by atoms with van der Waals surface area (Å²) in [7, 11) is 1.10. The van der Waals surface area contributed by atoms with Crippen LogP contribution >= 0.6 is 0 Å². The standard InChI is InChI=1S/C16H13F4N5O/c1-24-13(16(18,19)20)8-12(22-24)15(26)21-14-5-6-25(23-14)9-10-3-2-4-11(17)7-10/h2-8H,9H2,1H3,(H,21,23,26). The number of carbonyl (C=O) groups is 1. The fraction of sp³-hybridized carbons (Fsp3) is 0.188. The van der Waals surface area contributed by atoms with Crippen LogP contribution in [0.5, 0.6) is 0 Å². The largest absolute Gasteiger partial charge is 0.433 e. The molecule has 26 heavy (non-hydrogen) atoms. The topological polar surface area (TPSA) is 64.7 Å². The molecule has 1 N–H and O–H groups in total. The zero-order chi connectivity index (χ0) is 18.9. The van der Waals surface area contributed by atoms with Crippen molar-refractivity contribution in [1.29, 1.82) is 0 Å². The third-order valence-corrected chi connectivity index (χ3v) is 3.52. The Labute approximate surface area is 145 Å². The minimum Gasteiger partial charge on any atom is -0.304 e. The summed E-state index contributed by atoms with van der Waals surface area (Å²) in [5, 5.41) is 10.0. The lowest BCUT2D eigenvalue weighted by molar-refractivity contribution is -0.143. The minimum atomic E-state index is -4.60. The highest BCUT2D eigenvalue weighted by Crippen LogP contribution is 2.29. The molecule has 2 heterocycles. The second-order valence-electron chi connectivity index (χ2n) is 5.52. The van der Waals surface area contributed by atoms with Crippen LogP contribution < -0.4 is 5.32 Å². The molecule has 0 saturated heterocycles. The van der Waals surface area contributed by atoms with E-state index in [1.165, 1.54) is 22.9 Å². The SMILES string of the molecule is Cn1nc(C(=O)Nc2ccn(Cc3cccc(F)c3)n2)cc1C(F)(F)F. The Morgan fingerprint density at radius 3 is 2.62 bits per heavy atom. The van der Waals surface area contributed by atoms with Crippen LogP contribution in [0.4, 0.5) is 23.4 Å². The van der Waals surface area contributed by atoms with Crippen LogP contribution in [0.3, 0.4) is 0 Å². The number of anilines is 1. The molecular weight excluding hydrogens is 354 g/mol. The third kappa shape index (κ3) is 3.90. The average Bonchev–Trinajstić information content (AvgIpc) is 3.13. The fourth-order valence-electron chi connectivity index (χ4n) is 2.36. The lowest BCUT2D eigenvalue weighted by Gasteiger charge is -2.04. The number of aromatic nitrogens is 4. The first-order valence-electron chi connectivity index (χ1n) is 7.43. The minimum absolute atomic E-state index is 0.144. The third-order valence-electron chi connectivity index (χ3n) is 3.52. The van der Waals surface area contributed by atoms with Crippen molar-refractivity contribution in [3.63, 3.8) is 0 Å². The molecule has 0 aliphatic carbocycles. The molecular formula is C16H13F4N5O. The van der Waals surface area contributed by atoms with E-state index < -0.39 is 17.8 Å². The van der Waals surface area contributed by atoms with Gasteiger partial charge in [0.15, 0.2) is 11.5 Å². The highest BCUT2D eigenvalue weighted by Gasteiger charge is 2.35. The number of carbonyl (C=O) groups excluding carboxylic acids is 1. The molecule has 0 aliphatic heterocycles. The van der Waals surface area contributed by atoms with Gasteiger partial charge < -0.3 is 5.32 Å². The maximum absolute atomic E-state index is 13.2. The van der Waals surface area contributed by atoms with Crippen molar-refractivity contribution in [3.05, 3.63) is 65.4 Å². The van der Waals surface area contributed by atoms with E-state index in [-0.39, 0.29) is 23.9 Å². The first-order valence-corrected chi connectivity index (χ1v) is 7.43. The highest BCUT2D eigenvalue weighted by molar-refractivity contribution is 6.02. The maximum atomic E-state index is 13.2. The van der Waals surface area contributed by atoms with E-state index in [0.29, 0.717) is 16.3 Å². The predicted molar refractivity (Wildman–Crippen MR) is 83.9 cm³/mol. The first-order chi connectivity index (χ1) is 12.2. The Kier molecular flexibility index (Phi) is 4.49. The predicted octanol–water partition coefficient (Wildman–Crippen LogP) is 3.08. The van der Waals surface area contributed by atoms with E-state index in [9.17, 15) is 22.4 Å². The molecule has 3 aromatic rings. The second kappa shape index (κ2) is 6.62. The average molecular weight is 367 g/mol. The number of hydrogen-bond acceptors (Lipinski definition) is 3. The summed E-state index contributed by atoms with van der Waals surface area (Å²) in [6.45, 7) is 0.273. The summed E-state index contributed by atoms with van der Waals surface area (Å²) in [5.41, 5.74) is -0.732. The lowest BCUT2D eigenvalue weighted by atomic mass is 10.2. The van der Waals surface area contributed by atoms with Crippen LogP contribution in [0.1, 0.15) is 21.7 Å². The van der Waals surface area contributed by atoms with E-state index in [1.54, 1.807) is 18.3 Å². The number of aryl methyl sites for hydroxylation is 1. The Balaban J connectivity index is 1.70. The van der Waals surface area contributed by atoms with Gasteiger partial charge in [0.2, 0.25) is 0 Å². The molecule has 0 saturated carbocycles. The summed E-state index contributed by atoms with van der Waals surface area (Å²) in [4.78, 5) is 12.1. The van der Waals surface area contributed by atoms with Crippen LogP contribution in [0, 0.1) is 5.82 Å². The number of nitrogens with one attached hydrogen (secondary N) is 1. The fourth-order valence-corrected chi connectivity index (χ4v) is 2.36. The van der Waals surface area contributed by atoms with E-state index in [0.717, 1.165) is 7.05 Å².